The maximum atomic E-state index is 12.1. The van der Waals surface area contributed by atoms with Gasteiger partial charge in [0.1, 0.15) is 5.75 Å². The average Bonchev–Trinajstić information content (AvgIpc) is 2.43. The largest absolute Gasteiger partial charge is 0.506 e. The molecule has 0 aliphatic rings. The van der Waals surface area contributed by atoms with Gasteiger partial charge in [0.2, 0.25) is 0 Å². The van der Waals surface area contributed by atoms with Crippen LogP contribution in [0.5, 0.6) is 5.75 Å². The first-order chi connectivity index (χ1) is 9.60. The zero-order valence-corrected chi connectivity index (χ0v) is 12.3. The number of aromatic hydroxyl groups is 1. The van der Waals surface area contributed by atoms with Crippen LogP contribution in [0.15, 0.2) is 42.5 Å². The summed E-state index contributed by atoms with van der Waals surface area (Å²) >= 11 is 1.74. The summed E-state index contributed by atoms with van der Waals surface area (Å²) in [5.74, 6) is 0.790. The highest BCUT2D eigenvalue weighted by Gasteiger charge is 2.08. The van der Waals surface area contributed by atoms with E-state index in [0.717, 1.165) is 11.3 Å². The first-order valence-corrected chi connectivity index (χ1v) is 7.68. The summed E-state index contributed by atoms with van der Waals surface area (Å²) in [5.41, 5.74) is 3.14. The fourth-order valence-electron chi connectivity index (χ4n) is 1.86. The number of aryl methyl sites for hydroxylation is 1. The van der Waals surface area contributed by atoms with Gasteiger partial charge in [0, 0.05) is 11.3 Å². The van der Waals surface area contributed by atoms with Gasteiger partial charge in [-0.2, -0.15) is 11.8 Å². The van der Waals surface area contributed by atoms with E-state index in [0.29, 0.717) is 11.3 Å². The smallest absolute Gasteiger partial charge is 0.255 e. The molecule has 0 spiro atoms. The van der Waals surface area contributed by atoms with Crippen molar-refractivity contribution in [2.45, 2.75) is 12.7 Å². The summed E-state index contributed by atoms with van der Waals surface area (Å²) in [7, 11) is 0. The Morgan fingerprint density at radius 3 is 2.50 bits per heavy atom. The third-order valence-electron chi connectivity index (χ3n) is 2.93. The van der Waals surface area contributed by atoms with Gasteiger partial charge in [-0.05, 0) is 48.6 Å². The topological polar surface area (TPSA) is 49.3 Å². The van der Waals surface area contributed by atoms with Crippen molar-refractivity contribution in [3.05, 3.63) is 59.2 Å². The van der Waals surface area contributed by atoms with Crippen LogP contribution in [-0.2, 0) is 5.75 Å². The minimum absolute atomic E-state index is 0.0809. The van der Waals surface area contributed by atoms with Gasteiger partial charge in [-0.1, -0.05) is 18.2 Å². The number of anilines is 1. The second kappa shape index (κ2) is 6.48. The number of hydrogen-bond acceptors (Lipinski definition) is 3. The molecule has 0 unspecified atom stereocenters. The molecule has 0 aliphatic heterocycles. The highest BCUT2D eigenvalue weighted by atomic mass is 32.2. The Morgan fingerprint density at radius 1 is 1.20 bits per heavy atom. The van der Waals surface area contributed by atoms with E-state index in [1.165, 1.54) is 5.56 Å². The SMILES string of the molecule is CSCc1ccc(C(=O)Nc2ccc(C)cc2O)cc1. The van der Waals surface area contributed by atoms with Crippen LogP contribution in [0.2, 0.25) is 0 Å². The van der Waals surface area contributed by atoms with Crippen molar-refractivity contribution in [3.63, 3.8) is 0 Å². The van der Waals surface area contributed by atoms with E-state index < -0.39 is 0 Å². The van der Waals surface area contributed by atoms with Gasteiger partial charge in [0.25, 0.3) is 5.91 Å². The fourth-order valence-corrected chi connectivity index (χ4v) is 2.39. The lowest BCUT2D eigenvalue weighted by Gasteiger charge is -2.08. The minimum atomic E-state index is -0.222. The van der Waals surface area contributed by atoms with E-state index in [4.69, 9.17) is 0 Å². The number of nitrogens with one attached hydrogen (secondary N) is 1. The van der Waals surface area contributed by atoms with Crippen molar-refractivity contribution in [1.29, 1.82) is 0 Å². The Hall–Kier alpha value is -1.94. The molecule has 2 rings (SSSR count). The maximum Gasteiger partial charge on any atom is 0.255 e. The molecule has 2 N–H and O–H groups in total. The van der Waals surface area contributed by atoms with Crippen LogP contribution < -0.4 is 5.32 Å². The average molecular weight is 287 g/mol. The van der Waals surface area contributed by atoms with Gasteiger partial charge in [-0.15, -0.1) is 0 Å². The van der Waals surface area contributed by atoms with Crippen molar-refractivity contribution < 1.29 is 9.90 Å². The summed E-state index contributed by atoms with van der Waals surface area (Å²) in [6.07, 6.45) is 2.04. The molecule has 0 bridgehead atoms. The predicted octanol–water partition coefficient (Wildman–Crippen LogP) is 3.82. The Bertz CT molecular complexity index is 608. The number of carbonyl (C=O) groups excluding carboxylic acids is 1. The minimum Gasteiger partial charge on any atom is -0.506 e. The van der Waals surface area contributed by atoms with Gasteiger partial charge in [0.05, 0.1) is 5.69 Å². The van der Waals surface area contributed by atoms with Crippen LogP contribution >= 0.6 is 11.8 Å². The number of amides is 1. The lowest BCUT2D eigenvalue weighted by atomic mass is 10.1. The fraction of sp³-hybridized carbons (Fsp3) is 0.188. The van der Waals surface area contributed by atoms with Gasteiger partial charge in [-0.3, -0.25) is 4.79 Å². The number of thioether (sulfide) groups is 1. The molecule has 104 valence electrons. The molecule has 0 saturated heterocycles. The lowest BCUT2D eigenvalue weighted by molar-refractivity contribution is 0.102. The van der Waals surface area contributed by atoms with Crippen LogP contribution in [0, 0.1) is 6.92 Å². The zero-order chi connectivity index (χ0) is 14.5. The highest BCUT2D eigenvalue weighted by Crippen LogP contribution is 2.24. The number of rotatable bonds is 4. The van der Waals surface area contributed by atoms with E-state index in [-0.39, 0.29) is 11.7 Å². The summed E-state index contributed by atoms with van der Waals surface area (Å²) in [6.45, 7) is 1.88. The molecule has 0 aliphatic carbocycles. The molecule has 0 fully saturated rings. The number of phenols is 1. The van der Waals surface area contributed by atoms with Crippen LogP contribution in [0.3, 0.4) is 0 Å². The number of phenolic OH excluding ortho intramolecular Hbond substituents is 1. The molecule has 0 aromatic heterocycles. The normalized spacial score (nSPS) is 10.3. The van der Waals surface area contributed by atoms with E-state index in [2.05, 4.69) is 5.32 Å². The van der Waals surface area contributed by atoms with Gasteiger partial charge in [0.15, 0.2) is 0 Å². The Morgan fingerprint density at radius 2 is 1.90 bits per heavy atom. The van der Waals surface area contributed by atoms with Gasteiger partial charge in [-0.25, -0.2) is 0 Å². The standard InChI is InChI=1S/C16H17NO2S/c1-11-3-8-14(15(18)9-11)17-16(19)13-6-4-12(5-7-13)10-20-2/h3-9,18H,10H2,1-2H3,(H,17,19). The van der Waals surface area contributed by atoms with Crippen molar-refractivity contribution in [2.75, 3.05) is 11.6 Å². The van der Waals surface area contributed by atoms with Crippen LogP contribution in [0.4, 0.5) is 5.69 Å². The molecule has 1 amide bonds. The van der Waals surface area contributed by atoms with Crippen molar-refractivity contribution in [2.24, 2.45) is 0 Å². The molecule has 0 saturated carbocycles. The zero-order valence-electron chi connectivity index (χ0n) is 11.5. The molecule has 20 heavy (non-hydrogen) atoms. The van der Waals surface area contributed by atoms with E-state index in [1.807, 2.05) is 31.4 Å². The van der Waals surface area contributed by atoms with Crippen LogP contribution in [0.1, 0.15) is 21.5 Å². The van der Waals surface area contributed by atoms with Crippen molar-refractivity contribution in [1.82, 2.24) is 0 Å². The Kier molecular flexibility index (Phi) is 4.69. The van der Waals surface area contributed by atoms with Gasteiger partial charge < -0.3 is 10.4 Å². The van der Waals surface area contributed by atoms with E-state index >= 15 is 0 Å². The summed E-state index contributed by atoms with van der Waals surface area (Å²) < 4.78 is 0. The molecule has 4 heteroatoms. The second-order valence-corrected chi connectivity index (χ2v) is 5.47. The molecule has 3 nitrogen and oxygen atoms in total. The van der Waals surface area contributed by atoms with Crippen molar-refractivity contribution >= 4 is 23.4 Å². The van der Waals surface area contributed by atoms with Crippen LogP contribution in [0.25, 0.3) is 0 Å². The molecule has 2 aromatic rings. The third-order valence-corrected chi connectivity index (χ3v) is 3.55. The third kappa shape index (κ3) is 3.54. The van der Waals surface area contributed by atoms with E-state index in [9.17, 15) is 9.90 Å². The Balaban J connectivity index is 2.11. The second-order valence-electron chi connectivity index (χ2n) is 4.60. The summed E-state index contributed by atoms with van der Waals surface area (Å²) in [4.78, 5) is 12.1. The summed E-state index contributed by atoms with van der Waals surface area (Å²) in [5, 5.41) is 12.5. The van der Waals surface area contributed by atoms with Gasteiger partial charge >= 0.3 is 0 Å². The molecular weight excluding hydrogens is 270 g/mol. The Labute approximate surface area is 123 Å². The number of carbonyl (C=O) groups is 1. The molecule has 0 atom stereocenters. The van der Waals surface area contributed by atoms with Crippen molar-refractivity contribution in [3.8, 4) is 5.75 Å². The number of benzene rings is 2. The molecule has 0 heterocycles. The summed E-state index contributed by atoms with van der Waals surface area (Å²) in [6, 6.07) is 12.7. The monoisotopic (exact) mass is 287 g/mol. The predicted molar refractivity (Wildman–Crippen MR) is 84.5 cm³/mol. The highest BCUT2D eigenvalue weighted by molar-refractivity contribution is 7.97. The maximum absolute atomic E-state index is 12.1. The van der Waals surface area contributed by atoms with Crippen LogP contribution in [-0.4, -0.2) is 17.3 Å². The lowest BCUT2D eigenvalue weighted by Crippen LogP contribution is -2.11. The van der Waals surface area contributed by atoms with E-state index in [1.54, 1.807) is 36.0 Å². The molecular formula is C16H17NO2S. The quantitative estimate of drug-likeness (QED) is 0.841. The molecule has 2 aromatic carbocycles. The molecule has 0 radical (unpaired) electrons. The first-order valence-electron chi connectivity index (χ1n) is 6.29. The first kappa shape index (κ1) is 14.5. The number of hydrogen-bond donors (Lipinski definition) is 2.